The predicted molar refractivity (Wildman–Crippen MR) is 128 cm³/mol. The van der Waals surface area contributed by atoms with Crippen LogP contribution in [0.4, 0.5) is 17.2 Å². The summed E-state index contributed by atoms with van der Waals surface area (Å²) >= 11 is 3.52. The van der Waals surface area contributed by atoms with Gasteiger partial charge in [-0.15, -0.1) is 0 Å². The second-order valence-corrected chi connectivity index (χ2v) is 8.72. The molecule has 2 aliphatic rings. The Morgan fingerprint density at radius 1 is 1.09 bits per heavy atom. The van der Waals surface area contributed by atoms with E-state index in [2.05, 4.69) is 26.2 Å². The van der Waals surface area contributed by atoms with Gasteiger partial charge in [0.25, 0.3) is 5.91 Å². The van der Waals surface area contributed by atoms with Crippen molar-refractivity contribution in [3.8, 4) is 11.6 Å². The predicted octanol–water partition coefficient (Wildman–Crippen LogP) is 4.64. The lowest BCUT2D eigenvalue weighted by Crippen LogP contribution is -2.48. The number of hydrogen-bond acceptors (Lipinski definition) is 6. The molecular weight excluding hydrogens is 484 g/mol. The Hall–Kier alpha value is -3.98. The minimum Gasteiger partial charge on any atom is -0.508 e. The number of pyridine rings is 1. The van der Waals surface area contributed by atoms with Gasteiger partial charge < -0.3 is 15.3 Å². The number of aliphatic imine (C=N–C) groups is 1. The third kappa shape index (κ3) is 2.96. The zero-order chi connectivity index (χ0) is 22.7. The average Bonchev–Trinajstić information content (AvgIpc) is 3.16. The number of carbonyl (C=O) groups excluding carboxylic acids is 1. The number of fused-ring (bicyclic) bond motifs is 4. The highest BCUT2D eigenvalue weighted by Gasteiger charge is 2.43. The summed E-state index contributed by atoms with van der Waals surface area (Å²) in [5, 5.41) is 18.6. The summed E-state index contributed by atoms with van der Waals surface area (Å²) < 4.78 is 2.45. The van der Waals surface area contributed by atoms with Crippen LogP contribution in [0, 0.1) is 6.92 Å². The minimum atomic E-state index is -0.533. The second kappa shape index (κ2) is 7.28. The first-order valence-corrected chi connectivity index (χ1v) is 11.1. The van der Waals surface area contributed by atoms with E-state index in [0.29, 0.717) is 22.9 Å². The van der Waals surface area contributed by atoms with Crippen molar-refractivity contribution in [3.05, 3.63) is 88.2 Å². The lowest BCUT2D eigenvalue weighted by Gasteiger charge is -2.40. The minimum absolute atomic E-state index is 0.115. The molecule has 2 N–H and O–H groups in total. The topological polar surface area (TPSA) is 95.6 Å². The lowest BCUT2D eigenvalue weighted by molar-refractivity contribution is -0.110. The highest BCUT2D eigenvalue weighted by molar-refractivity contribution is 9.10. The number of hydrogen-bond donors (Lipinski definition) is 2. The molecule has 4 aromatic rings. The summed E-state index contributed by atoms with van der Waals surface area (Å²) in [6, 6.07) is 17.8. The number of amidine groups is 1. The van der Waals surface area contributed by atoms with Gasteiger partial charge in [0.05, 0.1) is 23.1 Å². The lowest BCUT2D eigenvalue weighted by atomic mass is 9.92. The molecular formula is C24H17BrN6O2. The van der Waals surface area contributed by atoms with E-state index in [1.807, 2.05) is 60.4 Å². The third-order valence-corrected chi connectivity index (χ3v) is 6.31. The summed E-state index contributed by atoms with van der Waals surface area (Å²) in [5.41, 5.74) is 3.62. The molecule has 2 aliphatic heterocycles. The molecule has 33 heavy (non-hydrogen) atoms. The number of aromatic hydroxyl groups is 1. The van der Waals surface area contributed by atoms with Crippen LogP contribution >= 0.6 is 15.9 Å². The molecule has 0 saturated heterocycles. The van der Waals surface area contributed by atoms with Crippen molar-refractivity contribution in [2.24, 2.45) is 4.99 Å². The molecule has 0 saturated carbocycles. The number of para-hydroxylation sites is 2. The van der Waals surface area contributed by atoms with Crippen LogP contribution < -0.4 is 10.2 Å². The molecule has 0 radical (unpaired) electrons. The van der Waals surface area contributed by atoms with Crippen LogP contribution in [0.2, 0.25) is 0 Å². The highest BCUT2D eigenvalue weighted by Crippen LogP contribution is 2.49. The van der Waals surface area contributed by atoms with E-state index in [1.165, 1.54) is 0 Å². The molecule has 9 heteroatoms. The molecule has 6 rings (SSSR count). The van der Waals surface area contributed by atoms with Crippen molar-refractivity contribution in [3.63, 3.8) is 0 Å². The number of anilines is 2. The van der Waals surface area contributed by atoms with E-state index in [-0.39, 0.29) is 17.5 Å². The Bertz CT molecular complexity index is 1460. The maximum Gasteiger partial charge on any atom is 0.291 e. The summed E-state index contributed by atoms with van der Waals surface area (Å²) in [4.78, 5) is 24.2. The molecule has 4 heterocycles. The number of phenolic OH excluding ortho intramolecular Hbond substituents is 1. The number of phenols is 1. The van der Waals surface area contributed by atoms with Gasteiger partial charge in [0.2, 0.25) is 5.84 Å². The largest absolute Gasteiger partial charge is 0.508 e. The number of benzene rings is 2. The van der Waals surface area contributed by atoms with Crippen LogP contribution in [-0.2, 0) is 4.79 Å². The van der Waals surface area contributed by atoms with Crippen LogP contribution in [0.25, 0.3) is 5.82 Å². The van der Waals surface area contributed by atoms with Crippen molar-refractivity contribution in [2.75, 3.05) is 10.2 Å². The van der Waals surface area contributed by atoms with E-state index < -0.39 is 6.04 Å². The standard InChI is InChI=1S/C24H17BrN6O2/c1-13-20-21(15-12-14(25)9-10-18(15)32)30-17-7-3-2-6-16(17)27-24(33)23(30)28-22(20)31(29-13)19-8-4-5-11-26-19/h2-12,21,32H,1H3,(H,27,33)/t21-/m1/s1. The first-order chi connectivity index (χ1) is 16.0. The molecule has 0 bridgehead atoms. The Balaban J connectivity index is 1.69. The average molecular weight is 501 g/mol. The van der Waals surface area contributed by atoms with Gasteiger partial charge in [0.1, 0.15) is 5.75 Å². The van der Waals surface area contributed by atoms with E-state index in [1.54, 1.807) is 23.0 Å². The maximum atomic E-state index is 13.2. The molecule has 162 valence electrons. The van der Waals surface area contributed by atoms with Gasteiger partial charge in [-0.05, 0) is 49.4 Å². The molecule has 0 fully saturated rings. The summed E-state index contributed by atoms with van der Waals surface area (Å²) in [5.74, 6) is 1.11. The Morgan fingerprint density at radius 2 is 1.91 bits per heavy atom. The van der Waals surface area contributed by atoms with Gasteiger partial charge in [-0.1, -0.05) is 34.1 Å². The zero-order valence-electron chi connectivity index (χ0n) is 17.4. The SMILES string of the molecule is Cc1nn(-c2ccccn2)c2c1[C@@H](c1cc(Br)ccc1O)N1C(=N2)C(=O)Nc2ccccc21. The Morgan fingerprint density at radius 3 is 2.73 bits per heavy atom. The van der Waals surface area contributed by atoms with Crippen LogP contribution in [0.15, 0.2) is 76.3 Å². The van der Waals surface area contributed by atoms with Crippen molar-refractivity contribution < 1.29 is 9.90 Å². The van der Waals surface area contributed by atoms with Gasteiger partial charge in [-0.3, -0.25) is 4.79 Å². The summed E-state index contributed by atoms with van der Waals surface area (Å²) in [6.45, 7) is 1.90. The third-order valence-electron chi connectivity index (χ3n) is 5.82. The molecule has 1 amide bonds. The van der Waals surface area contributed by atoms with Gasteiger partial charge in [0, 0.05) is 21.8 Å². The Labute approximate surface area is 197 Å². The van der Waals surface area contributed by atoms with Crippen LogP contribution in [-0.4, -0.2) is 31.6 Å². The van der Waals surface area contributed by atoms with E-state index in [4.69, 9.17) is 10.1 Å². The number of nitrogens with one attached hydrogen (secondary N) is 1. The second-order valence-electron chi connectivity index (χ2n) is 7.80. The molecule has 0 spiro atoms. The van der Waals surface area contributed by atoms with Crippen LogP contribution in [0.3, 0.4) is 0 Å². The quantitative estimate of drug-likeness (QED) is 0.418. The Kier molecular flexibility index (Phi) is 4.34. The number of aromatic nitrogens is 3. The maximum absolute atomic E-state index is 13.2. The van der Waals surface area contributed by atoms with Gasteiger partial charge in [-0.2, -0.15) is 9.78 Å². The number of amides is 1. The fraction of sp³-hybridized carbons (Fsp3) is 0.0833. The molecule has 2 aromatic carbocycles. The molecule has 0 aliphatic carbocycles. The number of carbonyl (C=O) groups is 1. The fourth-order valence-corrected chi connectivity index (χ4v) is 4.80. The normalized spacial score (nSPS) is 16.4. The molecule has 0 unspecified atom stereocenters. The van der Waals surface area contributed by atoms with E-state index in [9.17, 15) is 9.90 Å². The van der Waals surface area contributed by atoms with Crippen LogP contribution in [0.5, 0.6) is 5.75 Å². The number of halogens is 1. The molecule has 2 aromatic heterocycles. The molecule has 1 atom stereocenters. The van der Waals surface area contributed by atoms with E-state index >= 15 is 0 Å². The van der Waals surface area contributed by atoms with Crippen molar-refractivity contribution in [2.45, 2.75) is 13.0 Å². The van der Waals surface area contributed by atoms with Crippen LogP contribution in [0.1, 0.15) is 22.9 Å². The van der Waals surface area contributed by atoms with Crippen molar-refractivity contribution in [1.82, 2.24) is 14.8 Å². The zero-order valence-corrected chi connectivity index (χ0v) is 19.0. The summed E-state index contributed by atoms with van der Waals surface area (Å²) in [7, 11) is 0. The van der Waals surface area contributed by atoms with Gasteiger partial charge >= 0.3 is 0 Å². The van der Waals surface area contributed by atoms with Crippen molar-refractivity contribution >= 4 is 44.9 Å². The number of rotatable bonds is 2. The van der Waals surface area contributed by atoms with Crippen molar-refractivity contribution in [1.29, 1.82) is 0 Å². The monoisotopic (exact) mass is 500 g/mol. The first-order valence-electron chi connectivity index (χ1n) is 10.3. The fourth-order valence-electron chi connectivity index (χ4n) is 4.42. The van der Waals surface area contributed by atoms with Gasteiger partial charge in [-0.25, -0.2) is 9.98 Å². The van der Waals surface area contributed by atoms with E-state index in [0.717, 1.165) is 21.4 Å². The summed E-state index contributed by atoms with van der Waals surface area (Å²) in [6.07, 6.45) is 1.68. The number of nitrogens with zero attached hydrogens (tertiary/aromatic N) is 5. The van der Waals surface area contributed by atoms with Gasteiger partial charge in [0.15, 0.2) is 11.6 Å². The molecule has 8 nitrogen and oxygen atoms in total. The number of aryl methyl sites for hydroxylation is 1. The highest BCUT2D eigenvalue weighted by atomic mass is 79.9. The first kappa shape index (κ1) is 19.7. The smallest absolute Gasteiger partial charge is 0.291 e.